The summed E-state index contributed by atoms with van der Waals surface area (Å²) in [5.41, 5.74) is 1.72. The zero-order chi connectivity index (χ0) is 16.6. The average molecular weight is 326 g/mol. The predicted octanol–water partition coefficient (Wildman–Crippen LogP) is 3.61. The van der Waals surface area contributed by atoms with Gasteiger partial charge in [-0.2, -0.15) is 0 Å². The Morgan fingerprint density at radius 3 is 2.50 bits per heavy atom. The number of carbonyl (C=O) groups excluding carboxylic acids is 1. The first-order valence-corrected chi connectivity index (χ1v) is 8.30. The molecule has 4 heteroatoms. The minimum atomic E-state index is -0.272. The van der Waals surface area contributed by atoms with Gasteiger partial charge in [0.1, 0.15) is 6.10 Å². The maximum Gasteiger partial charge on any atom is 0.338 e. The number of hydrogen-bond donors (Lipinski definition) is 0. The summed E-state index contributed by atoms with van der Waals surface area (Å²) in [6.07, 6.45) is 1.26. The van der Waals surface area contributed by atoms with Crippen LogP contribution in [0.2, 0.25) is 0 Å². The molecular weight excluding hydrogens is 304 g/mol. The topological polar surface area (TPSA) is 44.8 Å². The van der Waals surface area contributed by atoms with Crippen molar-refractivity contribution in [3.63, 3.8) is 0 Å². The summed E-state index contributed by atoms with van der Waals surface area (Å²) < 4.78 is 17.0. The van der Waals surface area contributed by atoms with E-state index < -0.39 is 0 Å². The van der Waals surface area contributed by atoms with Crippen molar-refractivity contribution in [2.24, 2.45) is 0 Å². The molecule has 1 saturated heterocycles. The number of esters is 1. The first-order chi connectivity index (χ1) is 11.8. The van der Waals surface area contributed by atoms with Gasteiger partial charge in [-0.15, -0.1) is 0 Å². The van der Waals surface area contributed by atoms with E-state index in [1.165, 1.54) is 0 Å². The minimum Gasteiger partial charge on any atom is -0.459 e. The molecule has 0 N–H and O–H groups in total. The third-order valence-electron chi connectivity index (χ3n) is 4.02. The fraction of sp³-hybridized carbons (Fsp3) is 0.350. The Morgan fingerprint density at radius 2 is 1.75 bits per heavy atom. The first kappa shape index (κ1) is 16.7. The Kier molecular flexibility index (Phi) is 5.99. The summed E-state index contributed by atoms with van der Waals surface area (Å²) >= 11 is 0. The van der Waals surface area contributed by atoms with Crippen molar-refractivity contribution in [1.82, 2.24) is 0 Å². The van der Waals surface area contributed by atoms with E-state index in [2.05, 4.69) is 0 Å². The normalized spacial score (nSPS) is 20.5. The molecule has 3 rings (SSSR count). The van der Waals surface area contributed by atoms with Gasteiger partial charge >= 0.3 is 5.97 Å². The number of rotatable bonds is 6. The van der Waals surface area contributed by atoms with Gasteiger partial charge in [0.25, 0.3) is 0 Å². The van der Waals surface area contributed by atoms with E-state index in [-0.39, 0.29) is 18.2 Å². The second-order valence-corrected chi connectivity index (χ2v) is 5.91. The van der Waals surface area contributed by atoms with Crippen molar-refractivity contribution in [1.29, 1.82) is 0 Å². The summed E-state index contributed by atoms with van der Waals surface area (Å²) in [6.45, 7) is 1.66. The largest absolute Gasteiger partial charge is 0.459 e. The zero-order valence-corrected chi connectivity index (χ0v) is 13.6. The van der Waals surface area contributed by atoms with Crippen LogP contribution in [0.25, 0.3) is 0 Å². The van der Waals surface area contributed by atoms with E-state index in [9.17, 15) is 4.79 Å². The van der Waals surface area contributed by atoms with Crippen molar-refractivity contribution in [3.05, 3.63) is 71.8 Å². The van der Waals surface area contributed by atoms with Crippen LogP contribution in [0.3, 0.4) is 0 Å². The highest BCUT2D eigenvalue weighted by molar-refractivity contribution is 5.89. The summed E-state index contributed by atoms with van der Waals surface area (Å²) in [7, 11) is 0. The summed E-state index contributed by atoms with van der Waals surface area (Å²) in [5.74, 6) is -0.272. The number of ether oxygens (including phenoxy) is 3. The van der Waals surface area contributed by atoms with Crippen molar-refractivity contribution < 1.29 is 19.0 Å². The fourth-order valence-electron chi connectivity index (χ4n) is 2.74. The number of hydrogen-bond acceptors (Lipinski definition) is 4. The van der Waals surface area contributed by atoms with Gasteiger partial charge in [0.15, 0.2) is 0 Å². The van der Waals surface area contributed by atoms with Gasteiger partial charge in [0, 0.05) is 12.8 Å². The molecule has 126 valence electrons. The Bertz CT molecular complexity index is 627. The standard InChI is InChI=1S/C20H22O4/c21-20(17-9-5-2-6-10-17)24-18-11-12-23-19(13-18)15-22-14-16-7-3-1-4-8-16/h1-10,18-19H,11-15H2/t18-,19-/m1/s1. The molecule has 1 heterocycles. The van der Waals surface area contributed by atoms with Crippen molar-refractivity contribution >= 4 is 5.97 Å². The lowest BCUT2D eigenvalue weighted by molar-refractivity contribution is -0.0862. The van der Waals surface area contributed by atoms with E-state index in [0.717, 1.165) is 12.0 Å². The molecule has 1 aliphatic rings. The van der Waals surface area contributed by atoms with Gasteiger partial charge in [-0.25, -0.2) is 4.79 Å². The Balaban J connectivity index is 1.43. The second-order valence-electron chi connectivity index (χ2n) is 5.91. The Hall–Kier alpha value is -2.17. The summed E-state index contributed by atoms with van der Waals surface area (Å²) in [4.78, 5) is 12.1. The molecule has 0 spiro atoms. The van der Waals surface area contributed by atoms with Crippen LogP contribution in [0.4, 0.5) is 0 Å². The molecule has 24 heavy (non-hydrogen) atoms. The van der Waals surface area contributed by atoms with E-state index >= 15 is 0 Å². The Labute approximate surface area is 142 Å². The van der Waals surface area contributed by atoms with Crippen LogP contribution in [0.15, 0.2) is 60.7 Å². The Morgan fingerprint density at radius 1 is 1.04 bits per heavy atom. The van der Waals surface area contributed by atoms with Gasteiger partial charge in [-0.3, -0.25) is 0 Å². The van der Waals surface area contributed by atoms with E-state index in [1.807, 2.05) is 48.5 Å². The molecule has 2 aromatic carbocycles. The highest BCUT2D eigenvalue weighted by Gasteiger charge is 2.26. The lowest BCUT2D eigenvalue weighted by Gasteiger charge is -2.29. The van der Waals surface area contributed by atoms with Crippen LogP contribution in [0, 0.1) is 0 Å². The fourth-order valence-corrected chi connectivity index (χ4v) is 2.74. The van der Waals surface area contributed by atoms with Crippen molar-refractivity contribution in [2.45, 2.75) is 31.7 Å². The highest BCUT2D eigenvalue weighted by atomic mass is 16.6. The molecule has 4 nitrogen and oxygen atoms in total. The summed E-state index contributed by atoms with van der Waals surface area (Å²) in [6, 6.07) is 19.1. The van der Waals surface area contributed by atoms with Crippen LogP contribution in [0.5, 0.6) is 0 Å². The zero-order valence-electron chi connectivity index (χ0n) is 13.6. The van der Waals surface area contributed by atoms with Crippen LogP contribution in [-0.4, -0.2) is 31.4 Å². The third-order valence-corrected chi connectivity index (χ3v) is 4.02. The van der Waals surface area contributed by atoms with Crippen LogP contribution in [0.1, 0.15) is 28.8 Å². The monoisotopic (exact) mass is 326 g/mol. The van der Waals surface area contributed by atoms with Gasteiger partial charge in [-0.05, 0) is 17.7 Å². The second kappa shape index (κ2) is 8.62. The smallest absolute Gasteiger partial charge is 0.338 e. The van der Waals surface area contributed by atoms with Crippen LogP contribution in [-0.2, 0) is 20.8 Å². The molecule has 0 radical (unpaired) electrons. The molecule has 2 atom stereocenters. The lowest BCUT2D eigenvalue weighted by Crippen LogP contribution is -2.35. The molecule has 0 aliphatic carbocycles. The van der Waals surface area contributed by atoms with Crippen LogP contribution < -0.4 is 0 Å². The van der Waals surface area contributed by atoms with E-state index in [4.69, 9.17) is 14.2 Å². The lowest BCUT2D eigenvalue weighted by atomic mass is 10.1. The first-order valence-electron chi connectivity index (χ1n) is 8.30. The van der Waals surface area contributed by atoms with Gasteiger partial charge in [0.05, 0.1) is 31.5 Å². The molecule has 1 aliphatic heterocycles. The third kappa shape index (κ3) is 4.91. The SMILES string of the molecule is O=C(O[C@@H]1CCO[C@@H](COCc2ccccc2)C1)c1ccccc1. The number of carbonyl (C=O) groups is 1. The highest BCUT2D eigenvalue weighted by Crippen LogP contribution is 2.19. The molecule has 0 unspecified atom stereocenters. The molecule has 0 bridgehead atoms. The van der Waals surface area contributed by atoms with Crippen molar-refractivity contribution in [2.75, 3.05) is 13.2 Å². The van der Waals surface area contributed by atoms with Gasteiger partial charge in [-0.1, -0.05) is 48.5 Å². The maximum atomic E-state index is 12.1. The molecule has 0 aromatic heterocycles. The molecule has 0 saturated carbocycles. The van der Waals surface area contributed by atoms with Crippen LogP contribution >= 0.6 is 0 Å². The van der Waals surface area contributed by atoms with Gasteiger partial charge in [0.2, 0.25) is 0 Å². The molecular formula is C20H22O4. The average Bonchev–Trinajstić information content (AvgIpc) is 2.64. The predicted molar refractivity (Wildman–Crippen MR) is 90.7 cm³/mol. The minimum absolute atomic E-state index is 0.0314. The summed E-state index contributed by atoms with van der Waals surface area (Å²) in [5, 5.41) is 0. The van der Waals surface area contributed by atoms with E-state index in [1.54, 1.807) is 12.1 Å². The quantitative estimate of drug-likeness (QED) is 0.761. The van der Waals surface area contributed by atoms with E-state index in [0.29, 0.717) is 31.8 Å². The van der Waals surface area contributed by atoms with Crippen molar-refractivity contribution in [3.8, 4) is 0 Å². The molecule has 0 amide bonds. The molecule has 1 fully saturated rings. The maximum absolute atomic E-state index is 12.1. The number of benzene rings is 2. The van der Waals surface area contributed by atoms with Gasteiger partial charge < -0.3 is 14.2 Å². The molecule has 2 aromatic rings.